The van der Waals surface area contributed by atoms with Crippen molar-refractivity contribution in [2.24, 2.45) is 0 Å². The van der Waals surface area contributed by atoms with Crippen LogP contribution in [0.3, 0.4) is 0 Å². The zero-order valence-corrected chi connectivity index (χ0v) is 9.17. The van der Waals surface area contributed by atoms with Gasteiger partial charge in [0, 0.05) is 6.20 Å². The normalized spacial score (nSPS) is 10.2. The molecule has 0 saturated carbocycles. The number of rotatable bonds is 3. The van der Waals surface area contributed by atoms with E-state index in [0.717, 1.165) is 0 Å². The van der Waals surface area contributed by atoms with Crippen molar-refractivity contribution in [2.75, 3.05) is 5.73 Å². The van der Waals surface area contributed by atoms with E-state index in [0.29, 0.717) is 17.3 Å². The van der Waals surface area contributed by atoms with E-state index in [4.69, 9.17) is 10.3 Å². The van der Waals surface area contributed by atoms with Gasteiger partial charge in [-0.1, -0.05) is 5.16 Å². The molecule has 1 amide bonds. The highest BCUT2D eigenvalue weighted by molar-refractivity contribution is 5.98. The number of carbonyl (C=O) groups excluding carboxylic acids is 1. The Morgan fingerprint density at radius 3 is 3.06 bits per heavy atom. The second kappa shape index (κ2) is 4.60. The first-order valence-electron chi connectivity index (χ1n) is 4.94. The first-order valence-corrected chi connectivity index (χ1v) is 4.94. The molecule has 0 radical (unpaired) electrons. The van der Waals surface area contributed by atoms with Crippen LogP contribution < -0.4 is 11.1 Å². The number of nitrogens with one attached hydrogen (secondary N) is 1. The van der Waals surface area contributed by atoms with Crippen LogP contribution >= 0.6 is 0 Å². The molecule has 0 spiro atoms. The molecule has 88 valence electrons. The van der Waals surface area contributed by atoms with Crippen LogP contribution in [0.5, 0.6) is 0 Å². The van der Waals surface area contributed by atoms with Gasteiger partial charge in [-0.3, -0.25) is 4.79 Å². The van der Waals surface area contributed by atoms with Crippen LogP contribution in [0, 0.1) is 6.92 Å². The second-order valence-corrected chi connectivity index (χ2v) is 3.35. The summed E-state index contributed by atoms with van der Waals surface area (Å²) in [5, 5.41) is 6.22. The van der Waals surface area contributed by atoms with Crippen molar-refractivity contribution in [3.8, 4) is 0 Å². The van der Waals surface area contributed by atoms with E-state index in [1.54, 1.807) is 19.1 Å². The lowest BCUT2D eigenvalue weighted by molar-refractivity contribution is 0.0947. The minimum absolute atomic E-state index is 0.161. The molecule has 7 nitrogen and oxygen atoms in total. The third-order valence-corrected chi connectivity index (χ3v) is 2.05. The number of nitrogens with zero attached hydrogens (tertiary/aromatic N) is 3. The minimum Gasteiger partial charge on any atom is -0.383 e. The summed E-state index contributed by atoms with van der Waals surface area (Å²) in [7, 11) is 0. The number of carbonyl (C=O) groups is 1. The van der Waals surface area contributed by atoms with Crippen LogP contribution in [0.4, 0.5) is 5.82 Å². The fourth-order valence-corrected chi connectivity index (χ4v) is 1.27. The molecule has 0 aliphatic rings. The number of hydrogen-bond donors (Lipinski definition) is 2. The van der Waals surface area contributed by atoms with E-state index in [1.807, 2.05) is 0 Å². The van der Waals surface area contributed by atoms with Gasteiger partial charge in [0.2, 0.25) is 5.89 Å². The summed E-state index contributed by atoms with van der Waals surface area (Å²) in [4.78, 5) is 19.5. The van der Waals surface area contributed by atoms with Gasteiger partial charge in [0.25, 0.3) is 5.91 Å². The highest BCUT2D eigenvalue weighted by atomic mass is 16.5. The standard InChI is InChI=1S/C10H11N5O2/c1-6-14-8(17-15-6)5-13-10(16)7-3-2-4-12-9(7)11/h2-4H,5H2,1H3,(H2,11,12)(H,13,16). The van der Waals surface area contributed by atoms with Gasteiger partial charge < -0.3 is 15.6 Å². The van der Waals surface area contributed by atoms with E-state index in [1.165, 1.54) is 6.20 Å². The van der Waals surface area contributed by atoms with Gasteiger partial charge in [0.1, 0.15) is 5.82 Å². The topological polar surface area (TPSA) is 107 Å². The molecule has 2 aromatic rings. The van der Waals surface area contributed by atoms with Gasteiger partial charge >= 0.3 is 0 Å². The largest absolute Gasteiger partial charge is 0.383 e. The Balaban J connectivity index is 2.01. The van der Waals surface area contributed by atoms with E-state index < -0.39 is 0 Å². The number of nitrogen functional groups attached to an aromatic ring is 1. The summed E-state index contributed by atoms with van der Waals surface area (Å²) in [5.41, 5.74) is 5.89. The lowest BCUT2D eigenvalue weighted by atomic mass is 10.2. The Morgan fingerprint density at radius 2 is 2.41 bits per heavy atom. The molecule has 0 unspecified atom stereocenters. The molecule has 2 rings (SSSR count). The number of hydrogen-bond acceptors (Lipinski definition) is 6. The Morgan fingerprint density at radius 1 is 1.59 bits per heavy atom. The van der Waals surface area contributed by atoms with Crippen molar-refractivity contribution < 1.29 is 9.32 Å². The molecular formula is C10H11N5O2. The third kappa shape index (κ3) is 2.57. The maximum Gasteiger partial charge on any atom is 0.255 e. The van der Waals surface area contributed by atoms with E-state index in [9.17, 15) is 4.79 Å². The number of nitrogens with two attached hydrogens (primary N) is 1. The fourth-order valence-electron chi connectivity index (χ4n) is 1.27. The zero-order valence-electron chi connectivity index (χ0n) is 9.17. The van der Waals surface area contributed by atoms with E-state index in [2.05, 4.69) is 20.4 Å². The Hall–Kier alpha value is -2.44. The molecule has 2 aromatic heterocycles. The van der Waals surface area contributed by atoms with Gasteiger partial charge in [-0.25, -0.2) is 4.98 Å². The van der Waals surface area contributed by atoms with Crippen LogP contribution in [-0.4, -0.2) is 21.0 Å². The van der Waals surface area contributed by atoms with Crippen molar-refractivity contribution in [3.63, 3.8) is 0 Å². The van der Waals surface area contributed by atoms with Crippen LogP contribution in [0.25, 0.3) is 0 Å². The number of amides is 1. The summed E-state index contributed by atoms with van der Waals surface area (Å²) < 4.78 is 4.86. The molecule has 17 heavy (non-hydrogen) atoms. The molecule has 0 bridgehead atoms. The van der Waals surface area contributed by atoms with Crippen LogP contribution in [0.1, 0.15) is 22.1 Å². The summed E-state index contributed by atoms with van der Waals surface area (Å²) in [6.07, 6.45) is 1.52. The Kier molecular flexibility index (Phi) is 2.99. The van der Waals surface area contributed by atoms with E-state index in [-0.39, 0.29) is 18.3 Å². The number of pyridine rings is 1. The van der Waals surface area contributed by atoms with Crippen molar-refractivity contribution in [1.82, 2.24) is 20.4 Å². The van der Waals surface area contributed by atoms with Crippen LogP contribution in [-0.2, 0) is 6.54 Å². The second-order valence-electron chi connectivity index (χ2n) is 3.35. The summed E-state index contributed by atoms with van der Waals surface area (Å²) in [6.45, 7) is 1.86. The Bertz CT molecular complexity index is 537. The molecule has 0 fully saturated rings. The highest BCUT2D eigenvalue weighted by Crippen LogP contribution is 2.06. The van der Waals surface area contributed by atoms with E-state index >= 15 is 0 Å². The SMILES string of the molecule is Cc1noc(CNC(=O)c2cccnc2N)n1. The first-order chi connectivity index (χ1) is 8.16. The average Bonchev–Trinajstić information content (AvgIpc) is 2.73. The fraction of sp³-hybridized carbons (Fsp3) is 0.200. The van der Waals surface area contributed by atoms with Crippen molar-refractivity contribution in [3.05, 3.63) is 35.6 Å². The molecule has 7 heteroatoms. The lowest BCUT2D eigenvalue weighted by Crippen LogP contribution is -2.24. The van der Waals surface area contributed by atoms with Gasteiger partial charge in [-0.15, -0.1) is 0 Å². The molecule has 0 aliphatic heterocycles. The van der Waals surface area contributed by atoms with Gasteiger partial charge in [0.05, 0.1) is 12.1 Å². The molecule has 0 aliphatic carbocycles. The quantitative estimate of drug-likeness (QED) is 0.788. The molecule has 0 atom stereocenters. The Labute approximate surface area is 97.0 Å². The minimum atomic E-state index is -0.327. The van der Waals surface area contributed by atoms with Crippen LogP contribution in [0.2, 0.25) is 0 Å². The first kappa shape index (κ1) is 11.1. The predicted octanol–water partition coefficient (Wildman–Crippen LogP) is 0.285. The van der Waals surface area contributed by atoms with Crippen molar-refractivity contribution in [1.29, 1.82) is 0 Å². The monoisotopic (exact) mass is 233 g/mol. The summed E-state index contributed by atoms with van der Waals surface area (Å²) in [5.74, 6) is 0.728. The van der Waals surface area contributed by atoms with Gasteiger partial charge in [-0.2, -0.15) is 4.98 Å². The maximum atomic E-state index is 11.7. The average molecular weight is 233 g/mol. The van der Waals surface area contributed by atoms with Crippen molar-refractivity contribution >= 4 is 11.7 Å². The van der Waals surface area contributed by atoms with Crippen LogP contribution in [0.15, 0.2) is 22.9 Å². The predicted molar refractivity (Wildman–Crippen MR) is 58.9 cm³/mol. The third-order valence-electron chi connectivity index (χ3n) is 2.05. The van der Waals surface area contributed by atoms with Crippen molar-refractivity contribution in [2.45, 2.75) is 13.5 Å². The number of anilines is 1. The molecule has 3 N–H and O–H groups in total. The highest BCUT2D eigenvalue weighted by Gasteiger charge is 2.11. The molecular weight excluding hydrogens is 222 g/mol. The molecule has 2 heterocycles. The zero-order chi connectivity index (χ0) is 12.3. The lowest BCUT2D eigenvalue weighted by Gasteiger charge is -2.03. The summed E-state index contributed by atoms with van der Waals surface area (Å²) in [6, 6.07) is 3.23. The molecule has 0 saturated heterocycles. The number of aryl methyl sites for hydroxylation is 1. The van der Waals surface area contributed by atoms with Gasteiger partial charge in [0.15, 0.2) is 5.82 Å². The van der Waals surface area contributed by atoms with Gasteiger partial charge in [-0.05, 0) is 19.1 Å². The molecule has 0 aromatic carbocycles. The number of aromatic nitrogens is 3. The smallest absolute Gasteiger partial charge is 0.255 e. The summed E-state index contributed by atoms with van der Waals surface area (Å²) >= 11 is 0. The maximum absolute atomic E-state index is 11.7.